The van der Waals surface area contributed by atoms with E-state index in [9.17, 15) is 22.0 Å². The summed E-state index contributed by atoms with van der Waals surface area (Å²) in [7, 11) is -4.25. The fourth-order valence-electron chi connectivity index (χ4n) is 1.77. The zero-order valence-electron chi connectivity index (χ0n) is 11.3. The van der Waals surface area contributed by atoms with Crippen LogP contribution in [0, 0.1) is 18.6 Å². The van der Waals surface area contributed by atoms with Crippen molar-refractivity contribution in [1.82, 2.24) is 0 Å². The van der Waals surface area contributed by atoms with Crippen molar-refractivity contribution in [2.24, 2.45) is 0 Å². The maximum atomic E-state index is 13.5. The maximum absolute atomic E-state index is 13.5. The molecule has 0 spiro atoms. The van der Waals surface area contributed by atoms with Crippen molar-refractivity contribution < 1.29 is 27.1 Å². The third-order valence-corrected chi connectivity index (χ3v) is 4.29. The molecule has 0 aliphatic heterocycles. The molecule has 0 unspecified atom stereocenters. The second-order valence-electron chi connectivity index (χ2n) is 4.48. The number of hydrogen-bond donors (Lipinski definition) is 2. The van der Waals surface area contributed by atoms with Gasteiger partial charge in [0.05, 0.1) is 10.6 Å². The predicted octanol–water partition coefficient (Wildman–Crippen LogP) is 2.77. The molecule has 116 valence electrons. The molecule has 0 fully saturated rings. The summed E-state index contributed by atoms with van der Waals surface area (Å²) in [6.45, 7) is 1.47. The molecule has 0 bridgehead atoms. The number of nitrogens with one attached hydrogen (secondary N) is 1. The predicted molar refractivity (Wildman–Crippen MR) is 75.3 cm³/mol. The number of halogens is 2. The van der Waals surface area contributed by atoms with Crippen molar-refractivity contribution >= 4 is 21.7 Å². The molecule has 22 heavy (non-hydrogen) atoms. The molecule has 0 saturated carbocycles. The van der Waals surface area contributed by atoms with Crippen LogP contribution in [0.1, 0.15) is 15.9 Å². The number of anilines is 1. The van der Waals surface area contributed by atoms with Crippen molar-refractivity contribution in [3.8, 4) is 0 Å². The summed E-state index contributed by atoms with van der Waals surface area (Å²) < 4.78 is 53.3. The topological polar surface area (TPSA) is 83.5 Å². The highest BCUT2D eigenvalue weighted by atomic mass is 32.2. The zero-order valence-corrected chi connectivity index (χ0v) is 12.1. The summed E-state index contributed by atoms with van der Waals surface area (Å²) in [6, 6.07) is 6.41. The van der Waals surface area contributed by atoms with Crippen LogP contribution in [0.15, 0.2) is 41.3 Å². The van der Waals surface area contributed by atoms with Gasteiger partial charge in [0.1, 0.15) is 17.2 Å². The molecule has 0 heterocycles. The van der Waals surface area contributed by atoms with Gasteiger partial charge in [-0.2, -0.15) is 0 Å². The minimum absolute atomic E-state index is 0.260. The molecule has 0 aliphatic rings. The van der Waals surface area contributed by atoms with Crippen LogP contribution in [-0.4, -0.2) is 19.5 Å². The quantitative estimate of drug-likeness (QED) is 0.904. The van der Waals surface area contributed by atoms with Gasteiger partial charge in [0.2, 0.25) is 0 Å². The lowest BCUT2D eigenvalue weighted by Gasteiger charge is -2.11. The van der Waals surface area contributed by atoms with Crippen LogP contribution in [-0.2, 0) is 10.0 Å². The number of hydrogen-bond acceptors (Lipinski definition) is 3. The SMILES string of the molecule is Cc1ccc(S(=O)(=O)Nc2cccc(F)c2C(=O)O)cc1F. The molecule has 2 aromatic carbocycles. The van der Waals surface area contributed by atoms with Crippen molar-refractivity contribution in [1.29, 1.82) is 0 Å². The normalized spacial score (nSPS) is 11.2. The minimum atomic E-state index is -4.25. The first kappa shape index (κ1) is 15.9. The fourth-order valence-corrected chi connectivity index (χ4v) is 2.85. The summed E-state index contributed by atoms with van der Waals surface area (Å²) in [4.78, 5) is 10.6. The van der Waals surface area contributed by atoms with Gasteiger partial charge in [0, 0.05) is 0 Å². The Morgan fingerprint density at radius 3 is 2.41 bits per heavy atom. The van der Waals surface area contributed by atoms with Gasteiger partial charge in [-0.1, -0.05) is 12.1 Å². The van der Waals surface area contributed by atoms with Crippen molar-refractivity contribution in [2.75, 3.05) is 4.72 Å². The van der Waals surface area contributed by atoms with E-state index in [2.05, 4.69) is 0 Å². The maximum Gasteiger partial charge on any atom is 0.340 e. The van der Waals surface area contributed by atoms with Crippen LogP contribution in [0.4, 0.5) is 14.5 Å². The second-order valence-corrected chi connectivity index (χ2v) is 6.17. The first-order valence-electron chi connectivity index (χ1n) is 6.03. The molecule has 0 saturated heterocycles. The van der Waals surface area contributed by atoms with Gasteiger partial charge < -0.3 is 5.11 Å². The molecule has 0 atom stereocenters. The van der Waals surface area contributed by atoms with E-state index in [1.807, 2.05) is 4.72 Å². The van der Waals surface area contributed by atoms with Crippen LogP contribution in [0.2, 0.25) is 0 Å². The molecule has 0 aromatic heterocycles. The Morgan fingerprint density at radius 1 is 1.14 bits per heavy atom. The van der Waals surface area contributed by atoms with E-state index >= 15 is 0 Å². The summed E-state index contributed by atoms with van der Waals surface area (Å²) >= 11 is 0. The summed E-state index contributed by atoms with van der Waals surface area (Å²) in [5.74, 6) is -3.42. The average molecular weight is 327 g/mol. The standard InChI is InChI=1S/C14H11F2NO4S/c1-8-5-6-9(7-11(8)16)22(20,21)17-12-4-2-3-10(15)13(12)14(18)19/h2-7,17H,1H3,(H,18,19). The molecule has 5 nitrogen and oxygen atoms in total. The number of aryl methyl sites for hydroxylation is 1. The number of benzene rings is 2. The Balaban J connectivity index is 2.48. The smallest absolute Gasteiger partial charge is 0.340 e. The first-order chi connectivity index (χ1) is 10.2. The number of rotatable bonds is 4. The lowest BCUT2D eigenvalue weighted by Crippen LogP contribution is -2.16. The second kappa shape index (κ2) is 5.72. The number of carbonyl (C=O) groups is 1. The molecule has 0 amide bonds. The number of aromatic carboxylic acids is 1. The van der Waals surface area contributed by atoms with E-state index in [0.29, 0.717) is 0 Å². The Labute approximate surface area is 125 Å². The Morgan fingerprint density at radius 2 is 1.82 bits per heavy atom. The van der Waals surface area contributed by atoms with Gasteiger partial charge >= 0.3 is 5.97 Å². The van der Waals surface area contributed by atoms with Crippen LogP contribution in [0.3, 0.4) is 0 Å². The van der Waals surface area contributed by atoms with Crippen LogP contribution in [0.25, 0.3) is 0 Å². The Bertz CT molecular complexity index is 850. The van der Waals surface area contributed by atoms with E-state index in [1.165, 1.54) is 19.1 Å². The van der Waals surface area contributed by atoms with E-state index in [4.69, 9.17) is 5.11 Å². The average Bonchev–Trinajstić information content (AvgIpc) is 2.40. The first-order valence-corrected chi connectivity index (χ1v) is 7.51. The van der Waals surface area contributed by atoms with E-state index in [0.717, 1.165) is 24.3 Å². The van der Waals surface area contributed by atoms with Gasteiger partial charge in [-0.05, 0) is 36.8 Å². The van der Waals surface area contributed by atoms with Crippen LogP contribution < -0.4 is 4.72 Å². The highest BCUT2D eigenvalue weighted by molar-refractivity contribution is 7.92. The zero-order chi connectivity index (χ0) is 16.5. The van der Waals surface area contributed by atoms with Crippen LogP contribution >= 0.6 is 0 Å². The molecule has 2 N–H and O–H groups in total. The monoisotopic (exact) mass is 327 g/mol. The number of carboxylic acid groups (broad SMARTS) is 1. The van der Waals surface area contributed by atoms with E-state index < -0.39 is 43.8 Å². The summed E-state index contributed by atoms with van der Waals surface area (Å²) in [5.41, 5.74) is -0.983. The Hall–Kier alpha value is -2.48. The molecule has 0 aliphatic carbocycles. The fraction of sp³-hybridized carbons (Fsp3) is 0.0714. The van der Waals surface area contributed by atoms with Gasteiger partial charge in [0.15, 0.2) is 0 Å². The van der Waals surface area contributed by atoms with Gasteiger partial charge in [-0.3, -0.25) is 4.72 Å². The van der Waals surface area contributed by atoms with E-state index in [1.54, 1.807) is 0 Å². The number of carboxylic acids is 1. The van der Waals surface area contributed by atoms with Gasteiger partial charge in [-0.15, -0.1) is 0 Å². The molecular formula is C14H11F2NO4S. The molecular weight excluding hydrogens is 316 g/mol. The number of sulfonamides is 1. The van der Waals surface area contributed by atoms with Crippen molar-refractivity contribution in [2.45, 2.75) is 11.8 Å². The third kappa shape index (κ3) is 3.06. The van der Waals surface area contributed by atoms with Crippen molar-refractivity contribution in [3.05, 3.63) is 59.2 Å². The van der Waals surface area contributed by atoms with Crippen molar-refractivity contribution in [3.63, 3.8) is 0 Å². The Kier molecular flexibility index (Phi) is 4.14. The lowest BCUT2D eigenvalue weighted by molar-refractivity contribution is 0.0693. The molecule has 2 rings (SSSR count). The molecule has 2 aromatic rings. The highest BCUT2D eigenvalue weighted by Gasteiger charge is 2.21. The van der Waals surface area contributed by atoms with Gasteiger partial charge in [-0.25, -0.2) is 22.0 Å². The van der Waals surface area contributed by atoms with Gasteiger partial charge in [0.25, 0.3) is 10.0 Å². The van der Waals surface area contributed by atoms with E-state index in [-0.39, 0.29) is 5.56 Å². The third-order valence-electron chi connectivity index (χ3n) is 2.93. The summed E-state index contributed by atoms with van der Waals surface area (Å²) in [5, 5.41) is 8.96. The summed E-state index contributed by atoms with van der Waals surface area (Å²) in [6.07, 6.45) is 0. The molecule has 8 heteroatoms. The molecule has 0 radical (unpaired) electrons. The highest BCUT2D eigenvalue weighted by Crippen LogP contribution is 2.23. The largest absolute Gasteiger partial charge is 0.478 e. The lowest BCUT2D eigenvalue weighted by atomic mass is 10.2. The van der Waals surface area contributed by atoms with Crippen LogP contribution in [0.5, 0.6) is 0 Å². The minimum Gasteiger partial charge on any atom is -0.478 e.